The van der Waals surface area contributed by atoms with Crippen LogP contribution in [0.1, 0.15) is 20.8 Å². The molecule has 0 aliphatic heterocycles. The highest BCUT2D eigenvalue weighted by Gasteiger charge is 2.14. The summed E-state index contributed by atoms with van der Waals surface area (Å²) >= 11 is 1.54. The van der Waals surface area contributed by atoms with Crippen LogP contribution >= 0.6 is 11.9 Å². The Labute approximate surface area is 174 Å². The second-order valence-corrected chi connectivity index (χ2v) is 8.74. The van der Waals surface area contributed by atoms with E-state index in [9.17, 15) is 0 Å². The van der Waals surface area contributed by atoms with Crippen molar-refractivity contribution < 1.29 is 0 Å². The fourth-order valence-corrected chi connectivity index (χ4v) is 3.73. The van der Waals surface area contributed by atoms with Gasteiger partial charge in [0.05, 0.1) is 10.9 Å². The van der Waals surface area contributed by atoms with Gasteiger partial charge in [-0.05, 0) is 56.0 Å². The van der Waals surface area contributed by atoms with E-state index in [1.165, 1.54) is 0 Å². The summed E-state index contributed by atoms with van der Waals surface area (Å²) in [5.74, 6) is 1.04. The molecule has 0 saturated heterocycles. The summed E-state index contributed by atoms with van der Waals surface area (Å²) < 4.78 is 3.39. The van der Waals surface area contributed by atoms with Crippen LogP contribution in [0.3, 0.4) is 0 Å². The van der Waals surface area contributed by atoms with E-state index in [1.807, 2.05) is 48.7 Å². The summed E-state index contributed by atoms with van der Waals surface area (Å²) in [6.07, 6.45) is 3.59. The smallest absolute Gasteiger partial charge is 0.163 e. The largest absolute Gasteiger partial charge is 0.383 e. The number of hydrogen-bond donors (Lipinski definition) is 2. The van der Waals surface area contributed by atoms with E-state index in [1.54, 1.807) is 18.1 Å². The van der Waals surface area contributed by atoms with E-state index in [0.717, 1.165) is 32.5 Å². The normalized spacial score (nSPS) is 11.7. The Morgan fingerprint density at radius 3 is 2.45 bits per heavy atom. The summed E-state index contributed by atoms with van der Waals surface area (Å²) in [4.78, 5) is 14.7. The molecule has 3 N–H and O–H groups in total. The first-order chi connectivity index (χ1) is 13.9. The van der Waals surface area contributed by atoms with Crippen LogP contribution < -0.4 is 10.5 Å². The lowest BCUT2D eigenvalue weighted by Gasteiger charge is -2.19. The molecule has 2 heterocycles. The van der Waals surface area contributed by atoms with E-state index >= 15 is 0 Å². The first-order valence-electron chi connectivity index (χ1n) is 9.42. The van der Waals surface area contributed by atoms with Gasteiger partial charge in [0, 0.05) is 28.4 Å². The minimum atomic E-state index is -0.00160. The topological polar surface area (TPSA) is 76.7 Å². The molecule has 4 rings (SSSR count). The Morgan fingerprint density at radius 1 is 0.897 bits per heavy atom. The highest BCUT2D eigenvalue weighted by atomic mass is 32.2. The number of fused-ring (bicyclic) bond motifs is 1. The third kappa shape index (κ3) is 4.39. The van der Waals surface area contributed by atoms with Crippen molar-refractivity contribution >= 4 is 28.7 Å². The number of nitrogens with zero attached hydrogens (tertiary/aromatic N) is 3. The summed E-state index contributed by atoms with van der Waals surface area (Å²) in [5, 5.41) is 0.871. The van der Waals surface area contributed by atoms with Gasteiger partial charge in [-0.25, -0.2) is 9.97 Å². The summed E-state index contributed by atoms with van der Waals surface area (Å²) in [6.45, 7) is 6.36. The Balaban J connectivity index is 1.75. The number of nitrogen functional groups attached to an aromatic ring is 1. The number of pyridine rings is 1. The van der Waals surface area contributed by atoms with Gasteiger partial charge in [0.15, 0.2) is 5.82 Å². The molecule has 0 spiro atoms. The molecule has 146 valence electrons. The Kier molecular flexibility index (Phi) is 5.22. The van der Waals surface area contributed by atoms with Crippen molar-refractivity contribution in [3.63, 3.8) is 0 Å². The zero-order valence-corrected chi connectivity index (χ0v) is 17.5. The van der Waals surface area contributed by atoms with Crippen LogP contribution in [0.2, 0.25) is 0 Å². The van der Waals surface area contributed by atoms with Crippen LogP contribution in [-0.4, -0.2) is 20.5 Å². The molecule has 4 aromatic rings. The van der Waals surface area contributed by atoms with Crippen molar-refractivity contribution in [3.8, 4) is 22.5 Å². The van der Waals surface area contributed by atoms with Gasteiger partial charge in [0.25, 0.3) is 0 Å². The number of benzene rings is 2. The molecule has 0 amide bonds. The Bertz CT molecular complexity index is 1150. The SMILES string of the molecule is CC(C)(C)NSc1cncc(-c2nc(N)c3c(-c4ccccc4)cccc3n2)c1. The molecule has 0 radical (unpaired) electrons. The van der Waals surface area contributed by atoms with Crippen LogP contribution in [0.5, 0.6) is 0 Å². The number of nitrogens with two attached hydrogens (primary N) is 1. The lowest BCUT2D eigenvalue weighted by molar-refractivity contribution is 0.535. The van der Waals surface area contributed by atoms with Gasteiger partial charge in [-0.2, -0.15) is 0 Å². The van der Waals surface area contributed by atoms with Gasteiger partial charge in [0.2, 0.25) is 0 Å². The Morgan fingerprint density at radius 2 is 1.69 bits per heavy atom. The highest BCUT2D eigenvalue weighted by Crippen LogP contribution is 2.32. The molecule has 0 aliphatic rings. The number of hydrogen-bond acceptors (Lipinski definition) is 6. The van der Waals surface area contributed by atoms with Crippen LogP contribution in [0, 0.1) is 0 Å². The van der Waals surface area contributed by atoms with Crippen molar-refractivity contribution in [1.82, 2.24) is 19.7 Å². The maximum Gasteiger partial charge on any atom is 0.163 e. The van der Waals surface area contributed by atoms with E-state index in [0.29, 0.717) is 11.6 Å². The van der Waals surface area contributed by atoms with Gasteiger partial charge in [-0.15, -0.1) is 0 Å². The molecule has 2 aromatic carbocycles. The molecule has 29 heavy (non-hydrogen) atoms. The van der Waals surface area contributed by atoms with Crippen LogP contribution in [0.25, 0.3) is 33.4 Å². The molecule has 2 aromatic heterocycles. The fraction of sp³-hybridized carbons (Fsp3) is 0.174. The molecule has 0 saturated carbocycles. The first-order valence-corrected chi connectivity index (χ1v) is 10.2. The number of rotatable bonds is 4. The van der Waals surface area contributed by atoms with Crippen LogP contribution in [0.4, 0.5) is 5.82 Å². The molecule has 6 heteroatoms. The highest BCUT2D eigenvalue weighted by molar-refractivity contribution is 7.97. The third-order valence-corrected chi connectivity index (χ3v) is 5.46. The molecule has 0 fully saturated rings. The van der Waals surface area contributed by atoms with Crippen molar-refractivity contribution in [1.29, 1.82) is 0 Å². The van der Waals surface area contributed by atoms with Crippen molar-refractivity contribution in [2.24, 2.45) is 0 Å². The Hall–Kier alpha value is -2.96. The predicted molar refractivity (Wildman–Crippen MR) is 121 cm³/mol. The monoisotopic (exact) mass is 401 g/mol. The number of nitrogens with one attached hydrogen (secondary N) is 1. The lowest BCUT2D eigenvalue weighted by atomic mass is 10.0. The van der Waals surface area contributed by atoms with Gasteiger partial charge >= 0.3 is 0 Å². The third-order valence-electron chi connectivity index (χ3n) is 4.28. The lowest BCUT2D eigenvalue weighted by Crippen LogP contribution is -2.29. The van der Waals surface area contributed by atoms with E-state index in [-0.39, 0.29) is 5.54 Å². The minimum Gasteiger partial charge on any atom is -0.383 e. The summed E-state index contributed by atoms with van der Waals surface area (Å²) in [7, 11) is 0. The molecule has 0 aliphatic carbocycles. The molecule has 0 unspecified atom stereocenters. The van der Waals surface area contributed by atoms with Gasteiger partial charge in [-0.3, -0.25) is 9.71 Å². The average Bonchev–Trinajstić information content (AvgIpc) is 2.72. The predicted octanol–water partition coefficient (Wildman–Crippen LogP) is 5.34. The average molecular weight is 402 g/mol. The van der Waals surface area contributed by atoms with Crippen molar-refractivity contribution in [2.75, 3.05) is 5.73 Å². The maximum absolute atomic E-state index is 6.40. The van der Waals surface area contributed by atoms with Crippen LogP contribution in [-0.2, 0) is 0 Å². The van der Waals surface area contributed by atoms with Crippen molar-refractivity contribution in [2.45, 2.75) is 31.2 Å². The fourth-order valence-electron chi connectivity index (χ4n) is 3.01. The first kappa shape index (κ1) is 19.4. The second-order valence-electron chi connectivity index (χ2n) is 7.86. The van der Waals surface area contributed by atoms with Gasteiger partial charge < -0.3 is 5.73 Å². The number of anilines is 1. The van der Waals surface area contributed by atoms with E-state index in [2.05, 4.69) is 47.6 Å². The maximum atomic E-state index is 6.40. The summed E-state index contributed by atoms with van der Waals surface area (Å²) in [6, 6.07) is 18.2. The zero-order valence-electron chi connectivity index (χ0n) is 16.7. The zero-order chi connectivity index (χ0) is 20.4. The van der Waals surface area contributed by atoms with Crippen LogP contribution in [0.15, 0.2) is 71.9 Å². The van der Waals surface area contributed by atoms with E-state index in [4.69, 9.17) is 10.7 Å². The molecule has 0 bridgehead atoms. The van der Waals surface area contributed by atoms with E-state index < -0.39 is 0 Å². The van der Waals surface area contributed by atoms with Crippen molar-refractivity contribution in [3.05, 3.63) is 67.0 Å². The summed E-state index contributed by atoms with van der Waals surface area (Å²) in [5.41, 5.74) is 10.2. The van der Waals surface area contributed by atoms with Gasteiger partial charge in [0.1, 0.15) is 5.82 Å². The van der Waals surface area contributed by atoms with Gasteiger partial charge in [-0.1, -0.05) is 42.5 Å². The molecule has 0 atom stereocenters. The molecular formula is C23H23N5S. The quantitative estimate of drug-likeness (QED) is 0.450. The standard InChI is InChI=1S/C23H23N5S/c1-23(2,3)28-29-17-12-16(13-25-14-17)22-26-19-11-7-10-18(20(19)21(24)27-22)15-8-5-4-6-9-15/h4-14,28H,1-3H3,(H2,24,26,27). The molecular weight excluding hydrogens is 378 g/mol. The number of aromatic nitrogens is 3. The minimum absolute atomic E-state index is 0.00160. The second kappa shape index (κ2) is 7.81. The molecule has 5 nitrogen and oxygen atoms in total.